The molecule has 0 spiro atoms. The van der Waals surface area contributed by atoms with E-state index in [9.17, 15) is 4.79 Å². The fraction of sp³-hybridized carbons (Fsp3) is 0.500. The average Bonchev–Trinajstić information content (AvgIpc) is 1.96. The largest absolute Gasteiger partial charge is 2.00 e. The zero-order valence-electron chi connectivity index (χ0n) is 6.26. The number of carbonyl (C=O) groups excluding carboxylic acids is 1. The molecule has 0 amide bonds. The van der Waals surface area contributed by atoms with E-state index in [2.05, 4.69) is 0 Å². The first-order valence-electron chi connectivity index (χ1n) is 2.35. The van der Waals surface area contributed by atoms with Crippen molar-refractivity contribution in [1.82, 2.24) is 0 Å². The molecule has 0 aliphatic rings. The molecular formula is C6H9CuN3O. The van der Waals surface area contributed by atoms with E-state index in [1.165, 1.54) is 6.92 Å². The van der Waals surface area contributed by atoms with Crippen molar-refractivity contribution in [3.05, 3.63) is 13.1 Å². The molecule has 0 aliphatic carbocycles. The second-order valence-electron chi connectivity index (χ2n) is 1.40. The van der Waals surface area contributed by atoms with E-state index in [4.69, 9.17) is 29.4 Å². The molecule has 11 heavy (non-hydrogen) atoms. The van der Waals surface area contributed by atoms with E-state index in [0.717, 1.165) is 0 Å². The number of hydrogen-bond donors (Lipinski definition) is 1. The smallest absolute Gasteiger partial charge is 0.512 e. The molecule has 2 N–H and O–H groups in total. The van der Waals surface area contributed by atoms with Crippen LogP contribution in [-0.2, 0) is 21.9 Å². The Balaban J connectivity index is -0.0000000428. The third-order valence-corrected chi connectivity index (χ3v) is 0.641. The molecule has 0 rings (SSSR count). The minimum Gasteiger partial charge on any atom is -0.512 e. The summed E-state index contributed by atoms with van der Waals surface area (Å²) in [6.45, 7) is 12.6. The minimum atomic E-state index is -0.287. The Morgan fingerprint density at radius 3 is 1.45 bits per heavy atom. The second kappa shape index (κ2) is 22.9. The monoisotopic (exact) mass is 202 g/mol. The Morgan fingerprint density at radius 1 is 1.36 bits per heavy atom. The van der Waals surface area contributed by atoms with Crippen molar-refractivity contribution in [1.29, 1.82) is 10.5 Å². The van der Waals surface area contributed by atoms with Crippen LogP contribution in [0, 0.1) is 23.7 Å². The van der Waals surface area contributed by atoms with Crippen molar-refractivity contribution in [3.63, 3.8) is 0 Å². The van der Waals surface area contributed by atoms with Gasteiger partial charge in [-0.3, -0.25) is 4.79 Å². The molecule has 0 saturated carbocycles. The van der Waals surface area contributed by atoms with Crippen LogP contribution in [0.25, 0.3) is 0 Å². The van der Waals surface area contributed by atoms with Crippen LogP contribution in [0.1, 0.15) is 13.8 Å². The van der Waals surface area contributed by atoms with Gasteiger partial charge in [-0.15, -0.1) is 0 Å². The van der Waals surface area contributed by atoms with Gasteiger partial charge in [-0.1, -0.05) is 0 Å². The van der Waals surface area contributed by atoms with E-state index in [1.54, 1.807) is 6.92 Å². The fourth-order valence-corrected chi connectivity index (χ4v) is 0. The maximum Gasteiger partial charge on any atom is 2.00 e. The van der Waals surface area contributed by atoms with Gasteiger partial charge in [0.25, 0.3) is 0 Å². The molecule has 0 saturated heterocycles. The van der Waals surface area contributed by atoms with E-state index >= 15 is 0 Å². The summed E-state index contributed by atoms with van der Waals surface area (Å²) in [6.07, 6.45) is 0. The van der Waals surface area contributed by atoms with Crippen molar-refractivity contribution in [2.24, 2.45) is 5.73 Å². The third-order valence-electron chi connectivity index (χ3n) is 0.641. The Labute approximate surface area is 77.5 Å². The molecule has 1 unspecified atom stereocenters. The van der Waals surface area contributed by atoms with Crippen LogP contribution >= 0.6 is 0 Å². The number of rotatable bonds is 1. The molecular weight excluding hydrogens is 194 g/mol. The van der Waals surface area contributed by atoms with Crippen LogP contribution in [0.5, 0.6) is 0 Å². The van der Waals surface area contributed by atoms with Crippen molar-refractivity contribution < 1.29 is 21.9 Å². The quantitative estimate of drug-likeness (QED) is 0.483. The van der Waals surface area contributed by atoms with E-state index in [1.807, 2.05) is 0 Å². The molecule has 0 aromatic rings. The topological polar surface area (TPSA) is 90.7 Å². The minimum absolute atomic E-state index is 0. The summed E-state index contributed by atoms with van der Waals surface area (Å²) in [7, 11) is 0. The molecule has 0 bridgehead atoms. The van der Waals surface area contributed by atoms with Crippen molar-refractivity contribution in [3.8, 4) is 0 Å². The van der Waals surface area contributed by atoms with Gasteiger partial charge >= 0.3 is 17.1 Å². The first kappa shape index (κ1) is 22.5. The van der Waals surface area contributed by atoms with E-state index < -0.39 is 0 Å². The molecule has 0 fully saturated rings. The van der Waals surface area contributed by atoms with Gasteiger partial charge in [-0.2, -0.15) is 0 Å². The molecule has 0 heterocycles. The zero-order chi connectivity index (χ0) is 9.15. The summed E-state index contributed by atoms with van der Waals surface area (Å²) in [6, 6.07) is -0.287. The Morgan fingerprint density at radius 2 is 1.45 bits per heavy atom. The van der Waals surface area contributed by atoms with Gasteiger partial charge < -0.3 is 29.4 Å². The first-order chi connectivity index (χ1) is 4.64. The Hall–Kier alpha value is -0.871. The summed E-state index contributed by atoms with van der Waals surface area (Å²) in [5.41, 5.74) is 5.09. The zero-order valence-corrected chi connectivity index (χ0v) is 7.20. The predicted octanol–water partition coefficient (Wildman–Crippen LogP) is 0.113. The van der Waals surface area contributed by atoms with Gasteiger partial charge in [0.05, 0.1) is 6.04 Å². The SMILES string of the molecule is CC(=O)C(C)N.[C-]#N.[C-]#N.[Cu+2]. The Kier molecular flexibility index (Phi) is 46.8. The standard InChI is InChI=1S/C4H9NO.2CN.Cu/c1-3(5)4(2)6;2*1-2;/h3H,5H2,1-2H3;;;/q;2*-1;+2. The number of nitrogens with zero attached hydrogens (tertiary/aromatic N) is 2. The molecule has 1 radical (unpaired) electrons. The van der Waals surface area contributed by atoms with Crippen molar-refractivity contribution in [2.75, 3.05) is 0 Å². The Bertz CT molecular complexity index is 113. The molecule has 4 nitrogen and oxygen atoms in total. The fourth-order valence-electron chi connectivity index (χ4n) is 0. The molecule has 65 valence electrons. The molecule has 5 heteroatoms. The van der Waals surface area contributed by atoms with Gasteiger partial charge in [0, 0.05) is 0 Å². The van der Waals surface area contributed by atoms with Gasteiger partial charge in [0.1, 0.15) is 5.78 Å². The predicted molar refractivity (Wildman–Crippen MR) is 34.3 cm³/mol. The van der Waals surface area contributed by atoms with Crippen molar-refractivity contribution >= 4 is 5.78 Å². The molecule has 0 aromatic heterocycles. The summed E-state index contributed by atoms with van der Waals surface area (Å²) in [5.74, 6) is 0.0370. The average molecular weight is 203 g/mol. The maximum atomic E-state index is 10.0. The summed E-state index contributed by atoms with van der Waals surface area (Å²) in [5, 5.41) is 12.5. The van der Waals surface area contributed by atoms with Gasteiger partial charge in [-0.05, 0) is 13.8 Å². The maximum absolute atomic E-state index is 10.0. The second-order valence-corrected chi connectivity index (χ2v) is 1.40. The summed E-state index contributed by atoms with van der Waals surface area (Å²) < 4.78 is 0. The number of ketones is 1. The summed E-state index contributed by atoms with van der Waals surface area (Å²) >= 11 is 0. The van der Waals surface area contributed by atoms with Crippen LogP contribution in [-0.4, -0.2) is 11.8 Å². The van der Waals surface area contributed by atoms with Gasteiger partial charge in [-0.25, -0.2) is 0 Å². The normalized spacial score (nSPS) is 7.91. The number of nitrogens with two attached hydrogens (primary N) is 1. The van der Waals surface area contributed by atoms with E-state index in [0.29, 0.717) is 0 Å². The molecule has 1 atom stereocenters. The number of Topliss-reactive ketones (excluding diaryl/α,β-unsaturated/α-hetero) is 1. The van der Waals surface area contributed by atoms with Crippen LogP contribution < -0.4 is 5.73 Å². The third kappa shape index (κ3) is 47.4. The number of carbonyl (C=O) groups is 1. The van der Waals surface area contributed by atoms with Crippen molar-refractivity contribution in [2.45, 2.75) is 19.9 Å². The van der Waals surface area contributed by atoms with Crippen LogP contribution in [0.2, 0.25) is 0 Å². The molecule has 0 aliphatic heterocycles. The van der Waals surface area contributed by atoms with E-state index in [-0.39, 0.29) is 28.9 Å². The van der Waals surface area contributed by atoms with Crippen LogP contribution in [0.3, 0.4) is 0 Å². The van der Waals surface area contributed by atoms with Gasteiger partial charge in [0.15, 0.2) is 0 Å². The molecule has 0 aromatic carbocycles. The van der Waals surface area contributed by atoms with Gasteiger partial charge in [0.2, 0.25) is 0 Å². The van der Waals surface area contributed by atoms with Crippen LogP contribution in [0.4, 0.5) is 0 Å². The van der Waals surface area contributed by atoms with Crippen LogP contribution in [0.15, 0.2) is 0 Å². The summed E-state index contributed by atoms with van der Waals surface area (Å²) in [4.78, 5) is 10.0. The first-order valence-corrected chi connectivity index (χ1v) is 2.35. The number of hydrogen-bond acceptors (Lipinski definition) is 4.